The molecule has 1 heterocycles. The van der Waals surface area contributed by atoms with Crippen molar-refractivity contribution in [2.24, 2.45) is 5.73 Å². The first-order valence-corrected chi connectivity index (χ1v) is 5.26. The lowest BCUT2D eigenvalue weighted by Crippen LogP contribution is -1.96. The molecule has 0 spiro atoms. The van der Waals surface area contributed by atoms with Crippen LogP contribution in [0.15, 0.2) is 60.9 Å². The van der Waals surface area contributed by atoms with Gasteiger partial charge in [0.25, 0.3) is 0 Å². The van der Waals surface area contributed by atoms with Crippen LogP contribution in [-0.2, 0) is 6.42 Å². The Morgan fingerprint density at radius 2 is 1.81 bits per heavy atom. The van der Waals surface area contributed by atoms with Crippen LogP contribution in [0.1, 0.15) is 11.3 Å². The van der Waals surface area contributed by atoms with Crippen LogP contribution in [0.4, 0.5) is 0 Å². The van der Waals surface area contributed by atoms with Crippen LogP contribution >= 0.6 is 0 Å². The second kappa shape index (κ2) is 5.12. The van der Waals surface area contributed by atoms with Gasteiger partial charge in [-0.15, -0.1) is 0 Å². The third-order valence-corrected chi connectivity index (χ3v) is 2.44. The second-order valence-electron chi connectivity index (χ2n) is 3.56. The van der Waals surface area contributed by atoms with Gasteiger partial charge in [0.15, 0.2) is 0 Å². The monoisotopic (exact) mass is 210 g/mol. The minimum atomic E-state index is 0.765. The van der Waals surface area contributed by atoms with Gasteiger partial charge in [-0.2, -0.15) is 0 Å². The number of hydrogen-bond acceptors (Lipinski definition) is 2. The maximum absolute atomic E-state index is 5.66. The van der Waals surface area contributed by atoms with Crippen LogP contribution in [0, 0.1) is 0 Å². The maximum Gasteiger partial charge on any atom is 0.0448 e. The summed E-state index contributed by atoms with van der Waals surface area (Å²) in [5.74, 6) is 0. The first-order chi connectivity index (χ1) is 7.90. The Kier molecular flexibility index (Phi) is 3.34. The molecule has 0 atom stereocenters. The molecular formula is C14H14N2. The lowest BCUT2D eigenvalue weighted by molar-refractivity contribution is 1.12. The molecule has 0 saturated heterocycles. The van der Waals surface area contributed by atoms with Gasteiger partial charge in [-0.25, -0.2) is 0 Å². The molecule has 2 heteroatoms. The van der Waals surface area contributed by atoms with Crippen molar-refractivity contribution in [3.63, 3.8) is 0 Å². The van der Waals surface area contributed by atoms with E-state index < -0.39 is 0 Å². The lowest BCUT2D eigenvalue weighted by Gasteiger charge is -2.06. The molecule has 1 aromatic carbocycles. The van der Waals surface area contributed by atoms with Gasteiger partial charge in [0.2, 0.25) is 0 Å². The topological polar surface area (TPSA) is 38.9 Å². The zero-order valence-corrected chi connectivity index (χ0v) is 9.01. The van der Waals surface area contributed by atoms with E-state index in [2.05, 4.69) is 17.1 Å². The summed E-state index contributed by atoms with van der Waals surface area (Å²) in [6, 6.07) is 16.0. The van der Waals surface area contributed by atoms with Gasteiger partial charge in [0.05, 0.1) is 0 Å². The highest BCUT2D eigenvalue weighted by Gasteiger charge is 2.02. The SMILES string of the molecule is N/C=C(/Cc1ccccn1)c1ccccc1. The third-order valence-electron chi connectivity index (χ3n) is 2.44. The van der Waals surface area contributed by atoms with Crippen molar-refractivity contribution >= 4 is 5.57 Å². The molecule has 0 saturated carbocycles. The number of aromatic nitrogens is 1. The van der Waals surface area contributed by atoms with Crippen LogP contribution in [0.2, 0.25) is 0 Å². The molecule has 0 bridgehead atoms. The van der Waals surface area contributed by atoms with Gasteiger partial charge in [0.1, 0.15) is 0 Å². The molecule has 0 aliphatic carbocycles. The van der Waals surface area contributed by atoms with E-state index >= 15 is 0 Å². The highest BCUT2D eigenvalue weighted by atomic mass is 14.7. The van der Waals surface area contributed by atoms with Crippen molar-refractivity contribution in [2.45, 2.75) is 6.42 Å². The average molecular weight is 210 g/mol. The van der Waals surface area contributed by atoms with Gasteiger partial charge in [-0.1, -0.05) is 36.4 Å². The molecule has 0 amide bonds. The largest absolute Gasteiger partial charge is 0.404 e. The number of allylic oxidation sites excluding steroid dienone is 1. The van der Waals surface area contributed by atoms with E-state index in [1.165, 1.54) is 0 Å². The van der Waals surface area contributed by atoms with Crippen molar-refractivity contribution in [1.29, 1.82) is 0 Å². The molecule has 0 fully saturated rings. The van der Waals surface area contributed by atoms with Crippen LogP contribution in [0.5, 0.6) is 0 Å². The van der Waals surface area contributed by atoms with Gasteiger partial charge in [-0.05, 0) is 29.5 Å². The predicted molar refractivity (Wildman–Crippen MR) is 66.5 cm³/mol. The Morgan fingerprint density at radius 3 is 2.44 bits per heavy atom. The standard InChI is InChI=1S/C14H14N2/c15-11-13(12-6-2-1-3-7-12)10-14-8-4-5-9-16-14/h1-9,11H,10,15H2/b13-11-. The summed E-state index contributed by atoms with van der Waals surface area (Å²) in [7, 11) is 0. The number of benzene rings is 1. The van der Waals surface area contributed by atoms with Gasteiger partial charge in [0, 0.05) is 18.3 Å². The molecule has 0 radical (unpaired) electrons. The summed E-state index contributed by atoms with van der Waals surface area (Å²) in [6.07, 6.45) is 4.22. The Balaban J connectivity index is 2.20. The molecule has 0 aliphatic rings. The van der Waals surface area contributed by atoms with Crippen LogP contribution in [0.3, 0.4) is 0 Å². The molecule has 1 aromatic heterocycles. The molecule has 0 unspecified atom stereocenters. The minimum absolute atomic E-state index is 0.765. The molecular weight excluding hydrogens is 196 g/mol. The highest BCUT2D eigenvalue weighted by Crippen LogP contribution is 2.17. The average Bonchev–Trinajstić information content (AvgIpc) is 2.38. The number of hydrogen-bond donors (Lipinski definition) is 1. The fraction of sp³-hybridized carbons (Fsp3) is 0.0714. The van der Waals surface area contributed by atoms with E-state index in [0.717, 1.165) is 23.3 Å². The quantitative estimate of drug-likeness (QED) is 0.845. The number of rotatable bonds is 3. The summed E-state index contributed by atoms with van der Waals surface area (Å²) in [6.45, 7) is 0. The summed E-state index contributed by atoms with van der Waals surface area (Å²) in [5, 5.41) is 0. The van der Waals surface area contributed by atoms with E-state index in [-0.39, 0.29) is 0 Å². The molecule has 16 heavy (non-hydrogen) atoms. The normalized spacial score (nSPS) is 11.4. The first kappa shape index (κ1) is 10.4. The van der Waals surface area contributed by atoms with Crippen molar-refractivity contribution in [1.82, 2.24) is 4.98 Å². The van der Waals surface area contributed by atoms with Crippen molar-refractivity contribution < 1.29 is 0 Å². The summed E-state index contributed by atoms with van der Waals surface area (Å²) >= 11 is 0. The van der Waals surface area contributed by atoms with E-state index in [4.69, 9.17) is 5.73 Å². The Bertz CT molecular complexity index is 461. The Morgan fingerprint density at radius 1 is 1.06 bits per heavy atom. The van der Waals surface area contributed by atoms with E-state index in [1.54, 1.807) is 12.4 Å². The Hall–Kier alpha value is -2.09. The molecule has 2 N–H and O–H groups in total. The van der Waals surface area contributed by atoms with Crippen molar-refractivity contribution in [3.8, 4) is 0 Å². The molecule has 80 valence electrons. The molecule has 2 aromatic rings. The van der Waals surface area contributed by atoms with Crippen molar-refractivity contribution in [3.05, 3.63) is 72.2 Å². The number of nitrogens with two attached hydrogens (primary N) is 1. The second-order valence-corrected chi connectivity index (χ2v) is 3.56. The third kappa shape index (κ3) is 2.48. The summed E-state index contributed by atoms with van der Waals surface area (Å²) in [5.41, 5.74) is 8.94. The van der Waals surface area contributed by atoms with E-state index in [0.29, 0.717) is 0 Å². The van der Waals surface area contributed by atoms with Crippen molar-refractivity contribution in [2.75, 3.05) is 0 Å². The summed E-state index contributed by atoms with van der Waals surface area (Å²) < 4.78 is 0. The fourth-order valence-corrected chi connectivity index (χ4v) is 1.61. The smallest absolute Gasteiger partial charge is 0.0448 e. The van der Waals surface area contributed by atoms with Crippen LogP contribution in [0.25, 0.3) is 5.57 Å². The fourth-order valence-electron chi connectivity index (χ4n) is 1.61. The van der Waals surface area contributed by atoms with E-state index in [1.807, 2.05) is 36.4 Å². The number of nitrogens with zero attached hydrogens (tertiary/aromatic N) is 1. The van der Waals surface area contributed by atoms with Crippen LogP contribution in [-0.4, -0.2) is 4.98 Å². The highest BCUT2D eigenvalue weighted by molar-refractivity contribution is 5.66. The Labute approximate surface area is 95.5 Å². The zero-order chi connectivity index (χ0) is 11.2. The summed E-state index contributed by atoms with van der Waals surface area (Å²) in [4.78, 5) is 4.30. The zero-order valence-electron chi connectivity index (χ0n) is 9.01. The molecule has 2 rings (SSSR count). The molecule has 2 nitrogen and oxygen atoms in total. The minimum Gasteiger partial charge on any atom is -0.404 e. The van der Waals surface area contributed by atoms with Crippen LogP contribution < -0.4 is 5.73 Å². The lowest BCUT2D eigenvalue weighted by atomic mass is 10.0. The maximum atomic E-state index is 5.66. The molecule has 0 aliphatic heterocycles. The number of pyridine rings is 1. The van der Waals surface area contributed by atoms with E-state index in [9.17, 15) is 0 Å². The van der Waals surface area contributed by atoms with Gasteiger partial charge >= 0.3 is 0 Å². The first-order valence-electron chi connectivity index (χ1n) is 5.26. The van der Waals surface area contributed by atoms with Gasteiger partial charge in [-0.3, -0.25) is 4.98 Å². The van der Waals surface area contributed by atoms with Gasteiger partial charge < -0.3 is 5.73 Å². The predicted octanol–water partition coefficient (Wildman–Crippen LogP) is 2.62.